The Morgan fingerprint density at radius 1 is 0.405 bits per heavy atom. The average molecular weight is 1650 g/mol. The zero-order valence-electron chi connectivity index (χ0n) is 68.5. The zero-order valence-corrected chi connectivity index (χ0v) is 68.5. The number of nitrogens with zero attached hydrogens (tertiary/aromatic N) is 15. The molecule has 0 radical (unpaired) electrons. The SMILES string of the molecule is CCCCc1nc(C(C)(C)O)c(C(=O)Oc2oc(=O)oc2C)n1Cc1ccc(-c2ccccc2-c2nn[nH]n2)cc1.CCCc1nc(C(C)(C)O)c(C(=O)OCOC(=O)OCC)n1Cc1ccc(-c2ccccc2-c2nn[nH]n2)cc1.CCCc1nc(C(C)(C)O)c(C(=O)Oc2oc(=O)oc2C)n1Cc1ccc(-c2ccccc2-c2nn[nH]n2)cc1. The van der Waals surface area contributed by atoms with Crippen molar-refractivity contribution in [3.8, 4) is 79.4 Å². The summed E-state index contributed by atoms with van der Waals surface area (Å²) in [6, 6.07) is 46.9. The number of carbonyl (C=O) groups is 4. The van der Waals surface area contributed by atoms with Gasteiger partial charge in [-0.3, -0.25) is 0 Å². The number of H-pyrrole nitrogens is 3. The van der Waals surface area contributed by atoms with Gasteiger partial charge in [-0.2, -0.15) is 15.6 Å². The Bertz CT molecular complexity index is 6000. The van der Waals surface area contributed by atoms with Crippen LogP contribution in [-0.2, 0) is 69.9 Å². The van der Waals surface area contributed by atoms with Crippen LogP contribution in [0.3, 0.4) is 0 Å². The van der Waals surface area contributed by atoms with Crippen LogP contribution in [0.2, 0.25) is 0 Å². The van der Waals surface area contributed by atoms with E-state index in [1.807, 2.05) is 159 Å². The fourth-order valence-electron chi connectivity index (χ4n) is 13.3. The summed E-state index contributed by atoms with van der Waals surface area (Å²) in [5, 5.41) is 75.8. The molecule has 36 heteroatoms. The summed E-state index contributed by atoms with van der Waals surface area (Å²) in [5.41, 5.74) is 7.29. The second-order valence-corrected chi connectivity index (χ2v) is 29.4. The number of unbranched alkanes of at least 4 members (excludes halogenated alkanes) is 1. The molecule has 0 saturated carbocycles. The lowest BCUT2D eigenvalue weighted by Gasteiger charge is -2.18. The van der Waals surface area contributed by atoms with E-state index in [0.717, 1.165) is 92.4 Å². The molecule has 0 atom stereocenters. The van der Waals surface area contributed by atoms with Crippen LogP contribution in [0.25, 0.3) is 67.5 Å². The molecule has 0 bridgehead atoms. The fraction of sp³-hybridized carbons (Fsp3) is 0.318. The molecule has 0 spiro atoms. The lowest BCUT2D eigenvalue weighted by Crippen LogP contribution is -2.24. The summed E-state index contributed by atoms with van der Waals surface area (Å²) < 4.78 is 50.1. The number of hydrogen-bond acceptors (Lipinski definition) is 30. The Morgan fingerprint density at radius 3 is 1.01 bits per heavy atom. The van der Waals surface area contributed by atoms with Gasteiger partial charge in [-0.05, 0) is 133 Å². The Balaban J connectivity index is 0.000000166. The van der Waals surface area contributed by atoms with Gasteiger partial charge >= 0.3 is 47.6 Å². The van der Waals surface area contributed by atoms with E-state index in [1.54, 1.807) is 62.2 Å². The minimum Gasteiger partial charge on any atom is -0.435 e. The van der Waals surface area contributed by atoms with Crippen LogP contribution in [0.1, 0.15) is 189 Å². The fourth-order valence-corrected chi connectivity index (χ4v) is 13.3. The van der Waals surface area contributed by atoms with E-state index < -0.39 is 59.3 Å². The summed E-state index contributed by atoms with van der Waals surface area (Å²) in [6.45, 7) is 20.3. The van der Waals surface area contributed by atoms with E-state index in [2.05, 4.69) is 83.7 Å². The molecule has 14 rings (SSSR count). The van der Waals surface area contributed by atoms with Crippen molar-refractivity contribution in [2.45, 2.75) is 164 Å². The first kappa shape index (κ1) is 86.1. The monoisotopic (exact) mass is 1650 g/mol. The van der Waals surface area contributed by atoms with Crippen LogP contribution >= 0.6 is 0 Å². The van der Waals surface area contributed by atoms with Crippen LogP contribution < -0.4 is 21.1 Å². The molecule has 0 fully saturated rings. The van der Waals surface area contributed by atoms with E-state index in [9.17, 15) is 44.1 Å². The maximum atomic E-state index is 13.5. The zero-order chi connectivity index (χ0) is 86.3. The van der Waals surface area contributed by atoms with Crippen LogP contribution in [-0.4, -0.2) is 143 Å². The molecule has 0 saturated heterocycles. The van der Waals surface area contributed by atoms with Crippen molar-refractivity contribution in [1.29, 1.82) is 0 Å². The van der Waals surface area contributed by atoms with Gasteiger partial charge in [-0.1, -0.05) is 173 Å². The van der Waals surface area contributed by atoms with Crippen molar-refractivity contribution < 1.29 is 75.9 Å². The van der Waals surface area contributed by atoms with Crippen LogP contribution in [0, 0.1) is 13.8 Å². The minimum atomic E-state index is -1.45. The molecule has 0 aliphatic carbocycles. The third-order valence-corrected chi connectivity index (χ3v) is 18.9. The molecule has 628 valence electrons. The number of imidazole rings is 3. The molecular weight excluding hydrogens is 1560 g/mol. The van der Waals surface area contributed by atoms with Crippen molar-refractivity contribution >= 4 is 24.1 Å². The average Bonchev–Trinajstić information content (AvgIpc) is 1.60. The number of ether oxygens (including phenoxy) is 5. The molecule has 8 heterocycles. The number of carbonyl (C=O) groups excluding carboxylic acids is 4. The molecule has 14 aromatic rings. The lowest BCUT2D eigenvalue weighted by atomic mass is 9.98. The van der Waals surface area contributed by atoms with Gasteiger partial charge in [0.2, 0.25) is 24.3 Å². The van der Waals surface area contributed by atoms with Gasteiger partial charge in [-0.15, -0.1) is 30.6 Å². The van der Waals surface area contributed by atoms with Crippen molar-refractivity contribution in [3.63, 3.8) is 0 Å². The quantitative estimate of drug-likeness (QED) is 0.0180. The molecular formula is C85H90N18O18. The highest BCUT2D eigenvalue weighted by molar-refractivity contribution is 5.92. The molecule has 6 N–H and O–H groups in total. The number of esters is 3. The third kappa shape index (κ3) is 20.7. The van der Waals surface area contributed by atoms with Gasteiger partial charge in [0.1, 0.15) is 51.4 Å². The number of hydrogen-bond donors (Lipinski definition) is 6. The Hall–Kier alpha value is -14.3. The molecule has 0 aliphatic rings. The van der Waals surface area contributed by atoms with E-state index >= 15 is 0 Å². The van der Waals surface area contributed by atoms with Gasteiger partial charge in [0.25, 0.3) is 0 Å². The van der Waals surface area contributed by atoms with Gasteiger partial charge in [0.15, 0.2) is 28.6 Å². The van der Waals surface area contributed by atoms with Crippen molar-refractivity contribution in [3.05, 3.63) is 247 Å². The van der Waals surface area contributed by atoms with E-state index in [-0.39, 0.29) is 77.3 Å². The number of tetrazole rings is 3. The van der Waals surface area contributed by atoms with E-state index in [4.69, 9.17) is 41.4 Å². The number of benzene rings is 6. The first-order chi connectivity index (χ1) is 58.0. The topological polar surface area (TPSA) is 479 Å². The maximum Gasteiger partial charge on any atom is 0.521 e. The van der Waals surface area contributed by atoms with E-state index in [0.29, 0.717) is 60.8 Å². The second-order valence-electron chi connectivity index (χ2n) is 29.4. The highest BCUT2D eigenvalue weighted by Crippen LogP contribution is 2.37. The van der Waals surface area contributed by atoms with Crippen LogP contribution in [0.15, 0.2) is 173 Å². The van der Waals surface area contributed by atoms with Gasteiger partial charge in [0.05, 0.1) is 6.61 Å². The Labute approximate surface area is 691 Å². The molecule has 0 unspecified atom stereocenters. The summed E-state index contributed by atoms with van der Waals surface area (Å²) >= 11 is 0. The lowest BCUT2D eigenvalue weighted by molar-refractivity contribution is -0.0275. The standard InChI is InChI=1S/C29H30N6O6.C28H28N6O6.C28H32N6O6/c1-5-6-11-22-30-24(29(3,4)38)23(26(36)40-27-17(2)39-28(37)41-27)35(22)16-18-12-14-19(15-13-18)20-9-7-8-10-21(20)25-31-33-34-32-25;1-5-8-21-29-23(28(3,4)37)22(25(35)39-26-16(2)38-27(36)40-26)34(21)15-17-11-13-18(14-12-17)19-9-6-7-10-20(19)24-30-32-33-31-24;1-5-9-22-29-24(28(3,4)37)23(26(35)39-17-40-27(36)38-6-2)34(22)16-18-12-14-19(15-13-18)20-10-7-8-11-21(20)25-30-32-33-31-25/h7-10,12-15,38H,5-6,11,16H2,1-4H3,(H,31,32,33,34);6-7,9-14,37H,5,8,15H2,1-4H3,(H,30,31,32,33);7-8,10-15,37H,5-6,9,16-17H2,1-4H3,(H,30,31,32,33). The molecule has 6 aromatic carbocycles. The molecule has 0 aliphatic heterocycles. The van der Waals surface area contributed by atoms with Crippen molar-refractivity contribution in [1.82, 2.24) is 90.5 Å². The first-order valence-corrected chi connectivity index (χ1v) is 38.9. The maximum absolute atomic E-state index is 13.5. The van der Waals surface area contributed by atoms with Crippen molar-refractivity contribution in [2.75, 3.05) is 13.4 Å². The summed E-state index contributed by atoms with van der Waals surface area (Å²) in [4.78, 5) is 88.6. The highest BCUT2D eigenvalue weighted by atomic mass is 16.8. The molecule has 121 heavy (non-hydrogen) atoms. The Morgan fingerprint density at radius 2 is 0.727 bits per heavy atom. The number of rotatable bonds is 30. The third-order valence-electron chi connectivity index (χ3n) is 18.9. The Kier molecular flexibility index (Phi) is 27.0. The predicted octanol–water partition coefficient (Wildman–Crippen LogP) is 12.7. The summed E-state index contributed by atoms with van der Waals surface area (Å²) in [6.07, 6.45) is 4.06. The predicted molar refractivity (Wildman–Crippen MR) is 434 cm³/mol. The largest absolute Gasteiger partial charge is 0.521 e. The summed E-state index contributed by atoms with van der Waals surface area (Å²) in [7, 11) is 0. The number of aromatic amines is 3. The first-order valence-electron chi connectivity index (χ1n) is 38.9. The van der Waals surface area contributed by atoms with E-state index in [1.165, 1.54) is 13.8 Å². The minimum absolute atomic E-state index is 0.0275. The van der Waals surface area contributed by atoms with Gasteiger partial charge in [0, 0.05) is 69.4 Å². The molecule has 0 amide bonds. The van der Waals surface area contributed by atoms with Crippen molar-refractivity contribution in [2.24, 2.45) is 0 Å². The van der Waals surface area contributed by atoms with Crippen LogP contribution in [0.4, 0.5) is 4.79 Å². The summed E-state index contributed by atoms with van der Waals surface area (Å²) in [5.74, 6) is -1.65. The number of aromatic nitrogens is 18. The molecule has 8 aromatic heterocycles. The van der Waals surface area contributed by atoms with Gasteiger partial charge < -0.3 is 70.4 Å². The van der Waals surface area contributed by atoms with Crippen LogP contribution in [0.5, 0.6) is 11.9 Å². The number of aryl methyl sites for hydroxylation is 5. The molecule has 36 nitrogen and oxygen atoms in total. The smallest absolute Gasteiger partial charge is 0.435 e. The number of nitrogens with one attached hydrogen (secondary N) is 3. The van der Waals surface area contributed by atoms with Gasteiger partial charge in [-0.25, -0.2) is 43.7 Å². The second kappa shape index (κ2) is 38.0. The normalized spacial score (nSPS) is 11.5. The number of aliphatic hydroxyl groups is 3. The highest BCUT2D eigenvalue weighted by Gasteiger charge is 2.37.